The van der Waals surface area contributed by atoms with Gasteiger partial charge in [0.1, 0.15) is 5.75 Å². The van der Waals surface area contributed by atoms with Crippen LogP contribution in [0.2, 0.25) is 0 Å². The standard InChI is InChI=1S/C12H16N2O2/c1-2-14-9-5-3-4-6-10(9)16-11(7-8-13)12(14)15/h3-6,11H,2,7-8,13H2,1H3. The van der Waals surface area contributed by atoms with Crippen molar-refractivity contribution in [2.24, 2.45) is 5.73 Å². The molecule has 1 aliphatic heterocycles. The predicted octanol–water partition coefficient (Wildman–Crippen LogP) is 1.15. The number of carbonyl (C=O) groups is 1. The lowest BCUT2D eigenvalue weighted by molar-refractivity contribution is -0.126. The van der Waals surface area contributed by atoms with Crippen LogP contribution in [0.15, 0.2) is 24.3 Å². The van der Waals surface area contributed by atoms with Gasteiger partial charge in [0.15, 0.2) is 6.10 Å². The van der Waals surface area contributed by atoms with E-state index in [0.29, 0.717) is 19.5 Å². The van der Waals surface area contributed by atoms with Crippen LogP contribution in [0.25, 0.3) is 0 Å². The fraction of sp³-hybridized carbons (Fsp3) is 0.417. The summed E-state index contributed by atoms with van der Waals surface area (Å²) >= 11 is 0. The molecule has 1 amide bonds. The molecule has 0 aromatic heterocycles. The Labute approximate surface area is 95.0 Å². The SMILES string of the molecule is CCN1C(=O)C(CCN)Oc2ccccc21. The summed E-state index contributed by atoms with van der Waals surface area (Å²) in [5, 5.41) is 0. The average molecular weight is 220 g/mol. The van der Waals surface area contributed by atoms with Crippen LogP contribution in [-0.2, 0) is 4.79 Å². The minimum absolute atomic E-state index is 0.00616. The van der Waals surface area contributed by atoms with Crippen molar-refractivity contribution in [1.29, 1.82) is 0 Å². The molecule has 4 nitrogen and oxygen atoms in total. The average Bonchev–Trinajstić information content (AvgIpc) is 2.31. The summed E-state index contributed by atoms with van der Waals surface area (Å²) in [4.78, 5) is 13.8. The molecule has 1 unspecified atom stereocenters. The van der Waals surface area contributed by atoms with Crippen LogP contribution in [-0.4, -0.2) is 25.1 Å². The molecule has 0 spiro atoms. The number of hydrogen-bond donors (Lipinski definition) is 1. The fourth-order valence-corrected chi connectivity index (χ4v) is 1.94. The minimum Gasteiger partial charge on any atom is -0.478 e. The molecule has 2 N–H and O–H groups in total. The third kappa shape index (κ3) is 1.76. The zero-order valence-corrected chi connectivity index (χ0v) is 9.35. The van der Waals surface area contributed by atoms with Crippen LogP contribution in [0.5, 0.6) is 5.75 Å². The quantitative estimate of drug-likeness (QED) is 0.831. The zero-order chi connectivity index (χ0) is 11.5. The number of rotatable bonds is 3. The second-order valence-electron chi connectivity index (χ2n) is 3.73. The third-order valence-electron chi connectivity index (χ3n) is 2.71. The lowest BCUT2D eigenvalue weighted by Gasteiger charge is -2.33. The van der Waals surface area contributed by atoms with E-state index in [0.717, 1.165) is 11.4 Å². The summed E-state index contributed by atoms with van der Waals surface area (Å²) in [6, 6.07) is 7.59. The highest BCUT2D eigenvalue weighted by Gasteiger charge is 2.32. The molecule has 0 aliphatic carbocycles. The summed E-state index contributed by atoms with van der Waals surface area (Å²) < 4.78 is 5.65. The highest BCUT2D eigenvalue weighted by Crippen LogP contribution is 2.33. The molecular weight excluding hydrogens is 204 g/mol. The van der Waals surface area contributed by atoms with Crippen molar-refractivity contribution in [2.45, 2.75) is 19.4 Å². The Morgan fingerprint density at radius 1 is 1.44 bits per heavy atom. The summed E-state index contributed by atoms with van der Waals surface area (Å²) in [5.74, 6) is 0.772. The molecule has 2 rings (SSSR count). The number of nitrogens with two attached hydrogens (primary N) is 1. The third-order valence-corrected chi connectivity index (χ3v) is 2.71. The van der Waals surface area contributed by atoms with E-state index in [4.69, 9.17) is 10.5 Å². The van der Waals surface area contributed by atoms with Crippen LogP contribution in [0.1, 0.15) is 13.3 Å². The number of carbonyl (C=O) groups excluding carboxylic acids is 1. The number of para-hydroxylation sites is 2. The van der Waals surface area contributed by atoms with E-state index in [1.54, 1.807) is 4.90 Å². The van der Waals surface area contributed by atoms with Crippen LogP contribution in [0, 0.1) is 0 Å². The highest BCUT2D eigenvalue weighted by atomic mass is 16.5. The number of anilines is 1. The topological polar surface area (TPSA) is 55.6 Å². The molecule has 0 bridgehead atoms. The monoisotopic (exact) mass is 220 g/mol. The van der Waals surface area contributed by atoms with Crippen LogP contribution in [0.3, 0.4) is 0 Å². The molecule has 4 heteroatoms. The first-order chi connectivity index (χ1) is 7.77. The van der Waals surface area contributed by atoms with Crippen LogP contribution < -0.4 is 15.4 Å². The number of fused-ring (bicyclic) bond motifs is 1. The summed E-state index contributed by atoms with van der Waals surface area (Å²) in [6.45, 7) is 3.07. The fourth-order valence-electron chi connectivity index (χ4n) is 1.94. The van der Waals surface area contributed by atoms with Gasteiger partial charge in [0.2, 0.25) is 0 Å². The molecule has 0 saturated carbocycles. The molecule has 1 aliphatic rings. The van der Waals surface area contributed by atoms with Gasteiger partial charge in [-0.15, -0.1) is 0 Å². The van der Waals surface area contributed by atoms with E-state index < -0.39 is 6.10 Å². The van der Waals surface area contributed by atoms with Gasteiger partial charge in [0.05, 0.1) is 5.69 Å². The van der Waals surface area contributed by atoms with Crippen LogP contribution in [0.4, 0.5) is 5.69 Å². The maximum atomic E-state index is 12.1. The predicted molar refractivity (Wildman–Crippen MR) is 62.6 cm³/mol. The Morgan fingerprint density at radius 3 is 2.88 bits per heavy atom. The van der Waals surface area contributed by atoms with E-state index in [1.165, 1.54) is 0 Å². The number of ether oxygens (including phenoxy) is 1. The normalized spacial score (nSPS) is 19.2. The Kier molecular flexibility index (Phi) is 3.10. The number of nitrogens with zero attached hydrogens (tertiary/aromatic N) is 1. The van der Waals surface area contributed by atoms with E-state index in [2.05, 4.69) is 0 Å². The number of amides is 1. The molecule has 1 aromatic rings. The van der Waals surface area contributed by atoms with Crippen molar-refractivity contribution in [3.63, 3.8) is 0 Å². The van der Waals surface area contributed by atoms with Gasteiger partial charge in [-0.2, -0.15) is 0 Å². The Hall–Kier alpha value is -1.55. The van der Waals surface area contributed by atoms with Crippen molar-refractivity contribution in [2.75, 3.05) is 18.0 Å². The number of likely N-dealkylation sites (N-methyl/N-ethyl adjacent to an activating group) is 1. The van der Waals surface area contributed by atoms with Gasteiger partial charge in [0.25, 0.3) is 5.91 Å². The lowest BCUT2D eigenvalue weighted by atomic mass is 10.1. The van der Waals surface area contributed by atoms with Crippen molar-refractivity contribution in [3.8, 4) is 5.75 Å². The summed E-state index contributed by atoms with van der Waals surface area (Å²) in [6.07, 6.45) is 0.128. The first kappa shape index (κ1) is 11.0. The highest BCUT2D eigenvalue weighted by molar-refractivity contribution is 5.99. The molecule has 1 atom stereocenters. The smallest absolute Gasteiger partial charge is 0.268 e. The molecule has 0 radical (unpaired) electrons. The Balaban J connectivity index is 2.35. The van der Waals surface area contributed by atoms with Crippen LogP contribution >= 0.6 is 0 Å². The molecule has 86 valence electrons. The zero-order valence-electron chi connectivity index (χ0n) is 9.35. The van der Waals surface area contributed by atoms with E-state index in [9.17, 15) is 4.79 Å². The molecule has 0 saturated heterocycles. The van der Waals surface area contributed by atoms with Gasteiger partial charge in [-0.3, -0.25) is 4.79 Å². The van der Waals surface area contributed by atoms with Gasteiger partial charge in [-0.05, 0) is 25.6 Å². The summed E-state index contributed by atoms with van der Waals surface area (Å²) in [7, 11) is 0. The first-order valence-electron chi connectivity index (χ1n) is 5.55. The van der Waals surface area contributed by atoms with Crippen molar-refractivity contribution in [1.82, 2.24) is 0 Å². The molecule has 16 heavy (non-hydrogen) atoms. The molecule has 1 heterocycles. The van der Waals surface area contributed by atoms with Crippen molar-refractivity contribution in [3.05, 3.63) is 24.3 Å². The molecule has 1 aromatic carbocycles. The van der Waals surface area contributed by atoms with E-state index in [-0.39, 0.29) is 5.91 Å². The Bertz CT molecular complexity index is 392. The van der Waals surface area contributed by atoms with Crippen molar-refractivity contribution < 1.29 is 9.53 Å². The maximum Gasteiger partial charge on any atom is 0.268 e. The number of benzene rings is 1. The van der Waals surface area contributed by atoms with Gasteiger partial charge < -0.3 is 15.4 Å². The van der Waals surface area contributed by atoms with Gasteiger partial charge in [0, 0.05) is 13.0 Å². The summed E-state index contributed by atoms with van der Waals surface area (Å²) in [5.41, 5.74) is 6.33. The largest absolute Gasteiger partial charge is 0.478 e. The van der Waals surface area contributed by atoms with Gasteiger partial charge in [-0.25, -0.2) is 0 Å². The maximum absolute atomic E-state index is 12.1. The van der Waals surface area contributed by atoms with E-state index >= 15 is 0 Å². The van der Waals surface area contributed by atoms with Crippen molar-refractivity contribution >= 4 is 11.6 Å². The first-order valence-corrected chi connectivity index (χ1v) is 5.55. The Morgan fingerprint density at radius 2 is 2.19 bits per heavy atom. The number of hydrogen-bond acceptors (Lipinski definition) is 3. The van der Waals surface area contributed by atoms with E-state index in [1.807, 2.05) is 31.2 Å². The van der Waals surface area contributed by atoms with Gasteiger partial charge in [-0.1, -0.05) is 12.1 Å². The van der Waals surface area contributed by atoms with Gasteiger partial charge >= 0.3 is 0 Å². The lowest BCUT2D eigenvalue weighted by Crippen LogP contribution is -2.46. The second kappa shape index (κ2) is 4.53. The molecular formula is C12H16N2O2. The molecule has 0 fully saturated rings. The second-order valence-corrected chi connectivity index (χ2v) is 3.73. The minimum atomic E-state index is -0.431.